The van der Waals surface area contributed by atoms with Gasteiger partial charge in [0, 0.05) is 19.3 Å². The standard InChI is InChI=1S/C24H33N9O3/c1-4-7-10-31-19(22(25)34-28-31)16-13-17(20-23(26)35-29-32(20)11-8-5-2)15-18(14-16)21-24(27)36-30-33(21)12-9-6-3/h13-15,25-27H,4-12H2,1-3H3. The fourth-order valence-electron chi connectivity index (χ4n) is 4.13. The second kappa shape index (κ2) is 11.2. The number of benzene rings is 1. The van der Waals surface area contributed by atoms with Gasteiger partial charge in [0.25, 0.3) is 33.7 Å². The summed E-state index contributed by atoms with van der Waals surface area (Å²) in [5.74, 6) is 0. The molecular weight excluding hydrogens is 462 g/mol. The number of nitrogens with zero attached hydrogens (tertiary/aromatic N) is 6. The van der Waals surface area contributed by atoms with E-state index in [-0.39, 0.29) is 16.7 Å². The number of hydrogen-bond donors (Lipinski definition) is 3. The van der Waals surface area contributed by atoms with E-state index in [1.165, 1.54) is 0 Å². The van der Waals surface area contributed by atoms with Crippen LogP contribution in [0.4, 0.5) is 0 Å². The number of aryl methyl sites for hydroxylation is 3. The van der Waals surface area contributed by atoms with E-state index in [4.69, 9.17) is 29.8 Å². The van der Waals surface area contributed by atoms with Gasteiger partial charge in [0.15, 0.2) is 0 Å². The largest absolute Gasteiger partial charge is 0.486 e. The van der Waals surface area contributed by atoms with Gasteiger partial charge in [-0.1, -0.05) is 40.0 Å². The second-order valence-corrected chi connectivity index (χ2v) is 8.78. The molecule has 0 aliphatic heterocycles. The zero-order chi connectivity index (χ0) is 25.7. The van der Waals surface area contributed by atoms with Crippen LogP contribution in [0.5, 0.6) is 0 Å². The van der Waals surface area contributed by atoms with Gasteiger partial charge in [-0.3, -0.25) is 32.0 Å². The van der Waals surface area contributed by atoms with Crippen molar-refractivity contribution in [2.45, 2.75) is 78.9 Å². The van der Waals surface area contributed by atoms with Crippen molar-refractivity contribution in [2.24, 2.45) is 0 Å². The van der Waals surface area contributed by atoms with Crippen molar-refractivity contribution >= 4 is 0 Å². The predicted octanol–water partition coefficient (Wildman–Crippen LogP) is 1.04. The summed E-state index contributed by atoms with van der Waals surface area (Å²) < 4.78 is 20.8. The van der Waals surface area contributed by atoms with E-state index >= 15 is 0 Å². The lowest BCUT2D eigenvalue weighted by Crippen LogP contribution is -2.41. The van der Waals surface area contributed by atoms with Gasteiger partial charge in [-0.15, -0.1) is 0 Å². The van der Waals surface area contributed by atoms with Gasteiger partial charge >= 0.3 is 0 Å². The van der Waals surface area contributed by atoms with Gasteiger partial charge in [-0.2, -0.15) is 0 Å². The molecule has 0 atom stereocenters. The van der Waals surface area contributed by atoms with Crippen LogP contribution in [0.3, 0.4) is 0 Å². The number of unbranched alkanes of at least 4 members (excludes halogenated alkanes) is 3. The van der Waals surface area contributed by atoms with Crippen LogP contribution in [-0.4, -0.2) is 0 Å². The van der Waals surface area contributed by atoms with Gasteiger partial charge in [0.2, 0.25) is 0 Å². The number of rotatable bonds is 12. The lowest BCUT2D eigenvalue weighted by molar-refractivity contribution is -0.758. The molecule has 0 bridgehead atoms. The van der Waals surface area contributed by atoms with Crippen molar-refractivity contribution in [3.8, 4) is 33.8 Å². The number of hydrogen-bond acceptors (Lipinski definition) is 6. The second-order valence-electron chi connectivity index (χ2n) is 8.78. The van der Waals surface area contributed by atoms with Crippen molar-refractivity contribution in [1.82, 2.24) is 15.8 Å². The van der Waals surface area contributed by atoms with Crippen molar-refractivity contribution in [3.05, 3.63) is 34.9 Å². The van der Waals surface area contributed by atoms with Crippen LogP contribution in [0, 0.1) is 16.2 Å². The molecule has 0 unspecified atom stereocenters. The van der Waals surface area contributed by atoms with Gasteiger partial charge in [-0.25, -0.2) is 14.0 Å². The Labute approximate surface area is 207 Å². The maximum Gasteiger partial charge on any atom is 0.273 e. The third kappa shape index (κ3) is 5.02. The van der Waals surface area contributed by atoms with Gasteiger partial charge < -0.3 is 13.6 Å². The van der Waals surface area contributed by atoms with E-state index in [0.717, 1.165) is 38.5 Å². The molecule has 36 heavy (non-hydrogen) atoms. The molecule has 0 aliphatic carbocycles. The van der Waals surface area contributed by atoms with E-state index in [9.17, 15) is 0 Å². The predicted molar refractivity (Wildman–Crippen MR) is 122 cm³/mol. The van der Waals surface area contributed by atoms with Gasteiger partial charge in [-0.05, 0) is 18.2 Å². The monoisotopic (exact) mass is 495 g/mol. The van der Waals surface area contributed by atoms with Crippen LogP contribution in [0.25, 0.3) is 33.8 Å². The molecule has 3 heterocycles. The summed E-state index contributed by atoms with van der Waals surface area (Å²) in [6, 6.07) is 5.66. The quantitative estimate of drug-likeness (QED) is 0.248. The molecule has 0 radical (unpaired) electrons. The highest BCUT2D eigenvalue weighted by molar-refractivity contribution is 5.74. The summed E-state index contributed by atoms with van der Waals surface area (Å²) in [6.45, 7) is 8.09. The van der Waals surface area contributed by atoms with Gasteiger partial charge in [0.1, 0.15) is 19.6 Å². The highest BCUT2D eigenvalue weighted by Gasteiger charge is 2.25. The van der Waals surface area contributed by atoms with Crippen LogP contribution in [0.15, 0.2) is 31.8 Å². The third-order valence-electron chi connectivity index (χ3n) is 6.04. The molecule has 12 heteroatoms. The Morgan fingerprint density at radius 1 is 0.556 bits per heavy atom. The Hall–Kier alpha value is -3.96. The molecule has 192 valence electrons. The summed E-state index contributed by atoms with van der Waals surface area (Å²) >= 11 is 0. The lowest BCUT2D eigenvalue weighted by Gasteiger charge is -2.08. The molecule has 1 aromatic carbocycles. The Balaban J connectivity index is 1.96. The molecule has 4 rings (SSSR count). The zero-order valence-corrected chi connectivity index (χ0v) is 21.0. The fourth-order valence-corrected chi connectivity index (χ4v) is 4.13. The Morgan fingerprint density at radius 3 is 1.08 bits per heavy atom. The number of nitrogens with one attached hydrogen (secondary N) is 3. The van der Waals surface area contributed by atoms with E-state index < -0.39 is 0 Å². The molecule has 3 N–H and O–H groups in total. The van der Waals surface area contributed by atoms with Crippen LogP contribution in [0.1, 0.15) is 59.3 Å². The van der Waals surface area contributed by atoms with E-state index in [0.29, 0.717) is 53.4 Å². The summed E-state index contributed by atoms with van der Waals surface area (Å²) in [7, 11) is 0. The molecule has 12 nitrogen and oxygen atoms in total. The van der Waals surface area contributed by atoms with Crippen molar-refractivity contribution < 1.29 is 27.6 Å². The molecule has 0 fully saturated rings. The summed E-state index contributed by atoms with van der Waals surface area (Å²) in [5.41, 5.74) is 3.44. The first-order chi connectivity index (χ1) is 17.5. The van der Waals surface area contributed by atoms with E-state index in [1.54, 1.807) is 14.0 Å². The van der Waals surface area contributed by atoms with Gasteiger partial charge in [0.05, 0.1) is 16.7 Å². The minimum atomic E-state index is -0.0558. The maximum absolute atomic E-state index is 8.41. The van der Waals surface area contributed by atoms with Crippen LogP contribution in [0.2, 0.25) is 0 Å². The lowest BCUT2D eigenvalue weighted by atomic mass is 9.99. The Kier molecular flexibility index (Phi) is 7.81. The first-order valence-corrected chi connectivity index (χ1v) is 12.5. The zero-order valence-electron chi connectivity index (χ0n) is 21.0. The van der Waals surface area contributed by atoms with E-state index in [2.05, 4.69) is 36.6 Å². The van der Waals surface area contributed by atoms with Crippen molar-refractivity contribution in [1.29, 1.82) is 16.2 Å². The molecule has 0 saturated heterocycles. The Morgan fingerprint density at radius 2 is 0.833 bits per heavy atom. The van der Waals surface area contributed by atoms with E-state index in [1.807, 2.05) is 18.2 Å². The first kappa shape index (κ1) is 25.1. The minimum Gasteiger partial charge on any atom is -0.486 e. The topological polar surface area (TPSA) is 165 Å². The molecule has 0 amide bonds. The first-order valence-electron chi connectivity index (χ1n) is 12.5. The molecule has 0 aliphatic rings. The third-order valence-corrected chi connectivity index (χ3v) is 6.04. The fraction of sp³-hybridized carbons (Fsp3) is 0.500. The van der Waals surface area contributed by atoms with Crippen LogP contribution in [-0.2, 0) is 19.6 Å². The molecular formula is C24H33N9O3. The number of aromatic nitrogens is 6. The highest BCUT2D eigenvalue weighted by atomic mass is 16.5. The summed E-state index contributed by atoms with van der Waals surface area (Å²) in [4.78, 5) is 0. The molecule has 0 saturated carbocycles. The smallest absolute Gasteiger partial charge is 0.273 e. The average molecular weight is 496 g/mol. The molecule has 4 aromatic rings. The SMILES string of the molecule is CCCC[n+]1[n-]oc(=N)c1-c1cc(-c2c(=N)o[n-][n+]2CCCC)cc(-c2c(=N)o[n-][n+]2CCCC)c1. The minimum absolute atomic E-state index is 0.0558. The summed E-state index contributed by atoms with van der Waals surface area (Å²) in [5, 5.41) is 37.4. The normalized spacial score (nSPS) is 11.4. The summed E-state index contributed by atoms with van der Waals surface area (Å²) in [6.07, 6.45) is 5.56. The molecule has 0 spiro atoms. The molecule has 3 aromatic heterocycles. The average Bonchev–Trinajstić information content (AvgIpc) is 3.55. The van der Waals surface area contributed by atoms with Crippen LogP contribution >= 0.6 is 0 Å². The van der Waals surface area contributed by atoms with Crippen LogP contribution < -0.4 is 46.5 Å². The van der Waals surface area contributed by atoms with Crippen molar-refractivity contribution in [2.75, 3.05) is 0 Å². The Bertz CT molecular complexity index is 1290. The highest BCUT2D eigenvalue weighted by Crippen LogP contribution is 2.27. The maximum atomic E-state index is 8.41. The van der Waals surface area contributed by atoms with Crippen molar-refractivity contribution in [3.63, 3.8) is 0 Å².